The summed E-state index contributed by atoms with van der Waals surface area (Å²) in [5, 5.41) is 2.69. The van der Waals surface area contributed by atoms with Crippen LogP contribution in [0.5, 0.6) is 5.75 Å². The monoisotopic (exact) mass is 377 g/mol. The van der Waals surface area contributed by atoms with Gasteiger partial charge in [0.2, 0.25) is 0 Å². The van der Waals surface area contributed by atoms with E-state index in [9.17, 15) is 9.59 Å². The van der Waals surface area contributed by atoms with E-state index < -0.39 is 18.0 Å². The summed E-state index contributed by atoms with van der Waals surface area (Å²) < 4.78 is 10.8. The third kappa shape index (κ3) is 5.38. The molecule has 0 fully saturated rings. The molecule has 0 bridgehead atoms. The van der Waals surface area contributed by atoms with E-state index in [-0.39, 0.29) is 5.69 Å². The second-order valence-corrected chi connectivity index (χ2v) is 5.93. The lowest BCUT2D eigenvalue weighted by molar-refractivity contribution is -0.123. The fraction of sp³-hybridized carbons (Fsp3) is 0.143. The van der Waals surface area contributed by atoms with Crippen molar-refractivity contribution in [3.8, 4) is 5.75 Å². The number of ether oxygens (including phenoxy) is 2. The normalized spacial score (nSPS) is 11.3. The number of nitrogens with zero attached hydrogens (tertiary/aromatic N) is 2. The Morgan fingerprint density at radius 1 is 1.04 bits per heavy atom. The number of aromatic nitrogens is 2. The van der Waals surface area contributed by atoms with Crippen LogP contribution in [0.4, 0.5) is 5.69 Å². The van der Waals surface area contributed by atoms with Gasteiger partial charge in [0.05, 0.1) is 6.20 Å². The molecule has 0 aliphatic carbocycles. The predicted octanol–water partition coefficient (Wildman–Crippen LogP) is 3.24. The summed E-state index contributed by atoms with van der Waals surface area (Å²) in [4.78, 5) is 31.8. The maximum atomic E-state index is 12.2. The highest BCUT2D eigenvalue weighted by molar-refractivity contribution is 5.96. The standard InChI is InChI=1S/C21H19N3O4/c1-15(28-21(26)19-13-22-11-12-23-19)20(25)24-17-7-9-18(10-8-17)27-14-16-5-3-2-4-6-16/h2-13,15H,14H2,1H3,(H,24,25)/t15-/m1/s1. The highest BCUT2D eigenvalue weighted by Crippen LogP contribution is 2.17. The van der Waals surface area contributed by atoms with Gasteiger partial charge in [-0.25, -0.2) is 9.78 Å². The van der Waals surface area contributed by atoms with Crippen LogP contribution in [0.15, 0.2) is 73.2 Å². The van der Waals surface area contributed by atoms with Gasteiger partial charge in [0.15, 0.2) is 11.8 Å². The molecular weight excluding hydrogens is 358 g/mol. The molecule has 1 heterocycles. The largest absolute Gasteiger partial charge is 0.489 e. The first-order valence-corrected chi connectivity index (χ1v) is 8.66. The Labute approximate surface area is 162 Å². The van der Waals surface area contributed by atoms with Crippen molar-refractivity contribution in [2.45, 2.75) is 19.6 Å². The molecule has 28 heavy (non-hydrogen) atoms. The van der Waals surface area contributed by atoms with Gasteiger partial charge >= 0.3 is 5.97 Å². The highest BCUT2D eigenvalue weighted by Gasteiger charge is 2.19. The zero-order chi connectivity index (χ0) is 19.8. The lowest BCUT2D eigenvalue weighted by Crippen LogP contribution is -2.30. The SMILES string of the molecule is C[C@@H](OC(=O)c1cnccn1)C(=O)Nc1ccc(OCc2ccccc2)cc1. The summed E-state index contributed by atoms with van der Waals surface area (Å²) in [7, 11) is 0. The van der Waals surface area contributed by atoms with E-state index in [4.69, 9.17) is 9.47 Å². The quantitative estimate of drug-likeness (QED) is 0.636. The fourth-order valence-corrected chi connectivity index (χ4v) is 2.30. The highest BCUT2D eigenvalue weighted by atomic mass is 16.5. The first-order chi connectivity index (χ1) is 13.6. The fourth-order valence-electron chi connectivity index (χ4n) is 2.30. The number of nitrogens with one attached hydrogen (secondary N) is 1. The summed E-state index contributed by atoms with van der Waals surface area (Å²) in [6, 6.07) is 16.8. The molecule has 142 valence electrons. The molecule has 0 unspecified atom stereocenters. The van der Waals surface area contributed by atoms with Crippen molar-refractivity contribution in [3.05, 3.63) is 84.4 Å². The van der Waals surface area contributed by atoms with Crippen molar-refractivity contribution in [3.63, 3.8) is 0 Å². The summed E-state index contributed by atoms with van der Waals surface area (Å²) in [6.07, 6.45) is 3.12. The number of benzene rings is 2. The third-order valence-electron chi connectivity index (χ3n) is 3.80. The molecule has 1 aromatic heterocycles. The van der Waals surface area contributed by atoms with E-state index in [2.05, 4.69) is 15.3 Å². The van der Waals surface area contributed by atoms with Crippen molar-refractivity contribution in [1.82, 2.24) is 9.97 Å². The van der Waals surface area contributed by atoms with Gasteiger partial charge in [0, 0.05) is 18.1 Å². The van der Waals surface area contributed by atoms with E-state index in [1.165, 1.54) is 25.5 Å². The van der Waals surface area contributed by atoms with E-state index >= 15 is 0 Å². The first-order valence-electron chi connectivity index (χ1n) is 8.66. The maximum absolute atomic E-state index is 12.2. The Balaban J connectivity index is 1.50. The first kappa shape index (κ1) is 19.0. The Morgan fingerprint density at radius 3 is 2.46 bits per heavy atom. The van der Waals surface area contributed by atoms with Crippen molar-refractivity contribution >= 4 is 17.6 Å². The topological polar surface area (TPSA) is 90.4 Å². The molecule has 1 amide bonds. The molecule has 7 heteroatoms. The van der Waals surface area contributed by atoms with Gasteiger partial charge in [-0.15, -0.1) is 0 Å². The number of hydrogen-bond donors (Lipinski definition) is 1. The van der Waals surface area contributed by atoms with Gasteiger partial charge in [-0.1, -0.05) is 30.3 Å². The minimum atomic E-state index is -0.983. The third-order valence-corrected chi connectivity index (χ3v) is 3.80. The zero-order valence-corrected chi connectivity index (χ0v) is 15.2. The molecule has 0 aliphatic heterocycles. The van der Waals surface area contributed by atoms with Crippen molar-refractivity contribution in [2.24, 2.45) is 0 Å². The molecule has 0 aliphatic rings. The van der Waals surface area contributed by atoms with Gasteiger partial charge in [-0.3, -0.25) is 9.78 Å². The van der Waals surface area contributed by atoms with Gasteiger partial charge in [-0.2, -0.15) is 0 Å². The molecule has 0 radical (unpaired) electrons. The Morgan fingerprint density at radius 2 is 1.79 bits per heavy atom. The zero-order valence-electron chi connectivity index (χ0n) is 15.2. The Bertz CT molecular complexity index is 915. The smallest absolute Gasteiger partial charge is 0.359 e. The number of carbonyl (C=O) groups excluding carboxylic acids is 2. The number of rotatable bonds is 7. The summed E-state index contributed by atoms with van der Waals surface area (Å²) in [6.45, 7) is 1.95. The van der Waals surface area contributed by atoms with Crippen LogP contribution >= 0.6 is 0 Å². The Hall–Kier alpha value is -3.74. The Kier molecular flexibility index (Phi) is 6.30. The van der Waals surface area contributed by atoms with Crippen LogP contribution in [0.25, 0.3) is 0 Å². The van der Waals surface area contributed by atoms with E-state index in [0.717, 1.165) is 5.56 Å². The molecular formula is C21H19N3O4. The second-order valence-electron chi connectivity index (χ2n) is 5.93. The lowest BCUT2D eigenvalue weighted by Gasteiger charge is -2.13. The number of carbonyl (C=O) groups is 2. The molecule has 0 saturated carbocycles. The summed E-state index contributed by atoms with van der Waals surface area (Å²) in [5.74, 6) is -0.473. The van der Waals surface area contributed by atoms with Crippen LogP contribution in [0.3, 0.4) is 0 Å². The minimum absolute atomic E-state index is 0.0436. The van der Waals surface area contributed by atoms with Gasteiger partial charge in [0.25, 0.3) is 5.91 Å². The van der Waals surface area contributed by atoms with Gasteiger partial charge < -0.3 is 14.8 Å². The van der Waals surface area contributed by atoms with Gasteiger partial charge in [-0.05, 0) is 36.8 Å². The van der Waals surface area contributed by atoms with Crippen LogP contribution in [-0.4, -0.2) is 27.9 Å². The number of amides is 1. The van der Waals surface area contributed by atoms with Crippen molar-refractivity contribution in [2.75, 3.05) is 5.32 Å². The van der Waals surface area contributed by atoms with E-state index in [0.29, 0.717) is 18.0 Å². The van der Waals surface area contributed by atoms with Crippen LogP contribution in [0.2, 0.25) is 0 Å². The maximum Gasteiger partial charge on any atom is 0.359 e. The molecule has 7 nitrogen and oxygen atoms in total. The summed E-state index contributed by atoms with van der Waals surface area (Å²) in [5.41, 5.74) is 1.68. The molecule has 1 N–H and O–H groups in total. The van der Waals surface area contributed by atoms with Gasteiger partial charge in [0.1, 0.15) is 12.4 Å². The number of esters is 1. The minimum Gasteiger partial charge on any atom is -0.489 e. The average Bonchev–Trinajstić information content (AvgIpc) is 2.74. The molecule has 0 saturated heterocycles. The van der Waals surface area contributed by atoms with Crippen molar-refractivity contribution in [1.29, 1.82) is 0 Å². The number of anilines is 1. The van der Waals surface area contributed by atoms with Crippen LogP contribution in [0.1, 0.15) is 23.0 Å². The average molecular weight is 377 g/mol. The predicted molar refractivity (Wildman–Crippen MR) is 103 cm³/mol. The lowest BCUT2D eigenvalue weighted by atomic mass is 10.2. The summed E-state index contributed by atoms with van der Waals surface area (Å²) >= 11 is 0. The van der Waals surface area contributed by atoms with Crippen LogP contribution in [-0.2, 0) is 16.1 Å². The second kappa shape index (κ2) is 9.27. The molecule has 3 aromatic rings. The number of hydrogen-bond acceptors (Lipinski definition) is 6. The van der Waals surface area contributed by atoms with E-state index in [1.807, 2.05) is 30.3 Å². The van der Waals surface area contributed by atoms with Crippen LogP contribution < -0.4 is 10.1 Å². The molecule has 3 rings (SSSR count). The van der Waals surface area contributed by atoms with E-state index in [1.54, 1.807) is 24.3 Å². The molecule has 0 spiro atoms. The molecule has 2 aromatic carbocycles. The van der Waals surface area contributed by atoms with Crippen molar-refractivity contribution < 1.29 is 19.1 Å². The molecule has 1 atom stereocenters. The van der Waals surface area contributed by atoms with Crippen LogP contribution in [0, 0.1) is 0 Å².